The first-order chi connectivity index (χ1) is 15.8. The third-order valence-electron chi connectivity index (χ3n) is 6.35. The van der Waals surface area contributed by atoms with Crippen LogP contribution in [0.5, 0.6) is 0 Å². The molecule has 5 nitrogen and oxygen atoms in total. The number of halogens is 1. The largest absolute Gasteiger partial charge is 0.350 e. The van der Waals surface area contributed by atoms with E-state index in [9.17, 15) is 14.0 Å². The van der Waals surface area contributed by atoms with E-state index in [1.165, 1.54) is 12.1 Å². The van der Waals surface area contributed by atoms with Crippen LogP contribution in [0.4, 0.5) is 10.1 Å². The highest BCUT2D eigenvalue weighted by molar-refractivity contribution is 7.16. The average molecular weight is 462 g/mol. The van der Waals surface area contributed by atoms with Crippen molar-refractivity contribution in [3.8, 4) is 0 Å². The molecule has 1 aliphatic heterocycles. The number of carbonyl (C=O) groups excluding carboxylic acids is 2. The summed E-state index contributed by atoms with van der Waals surface area (Å²) in [6, 6.07) is 15.9. The highest BCUT2D eigenvalue weighted by Crippen LogP contribution is 2.38. The molecule has 0 aliphatic carbocycles. The van der Waals surface area contributed by atoms with Crippen molar-refractivity contribution in [1.29, 1.82) is 0 Å². The number of amides is 2. The van der Waals surface area contributed by atoms with E-state index in [1.807, 2.05) is 61.1 Å². The number of hydrogen-bond donors (Lipinski definition) is 1. The normalized spacial score (nSPS) is 17.9. The Bertz CT molecular complexity index is 1390. The minimum Gasteiger partial charge on any atom is -0.350 e. The fourth-order valence-corrected chi connectivity index (χ4v) is 5.41. The molecule has 0 radical (unpaired) electrons. The smallest absolute Gasteiger partial charge is 0.275 e. The molecule has 0 fully saturated rings. The second kappa shape index (κ2) is 7.85. The maximum absolute atomic E-state index is 13.9. The summed E-state index contributed by atoms with van der Waals surface area (Å²) in [5, 5.41) is 5.97. The summed E-state index contributed by atoms with van der Waals surface area (Å²) in [7, 11) is 0. The monoisotopic (exact) mass is 461 g/mol. The van der Waals surface area contributed by atoms with Crippen molar-refractivity contribution in [2.75, 3.05) is 4.90 Å². The molecule has 1 unspecified atom stereocenters. The fourth-order valence-electron chi connectivity index (χ4n) is 4.51. The predicted molar refractivity (Wildman–Crippen MR) is 129 cm³/mol. The first kappa shape index (κ1) is 21.4. The van der Waals surface area contributed by atoms with Crippen LogP contribution in [-0.4, -0.2) is 21.9 Å². The van der Waals surface area contributed by atoms with Gasteiger partial charge in [-0.15, -0.1) is 11.3 Å². The maximum atomic E-state index is 13.9. The topological polar surface area (TPSA) is 54.3 Å². The van der Waals surface area contributed by atoms with Crippen molar-refractivity contribution in [1.82, 2.24) is 9.88 Å². The number of fused-ring (bicyclic) bond motifs is 3. The first-order valence-corrected chi connectivity index (χ1v) is 11.7. The minimum absolute atomic E-state index is 0.196. The molecule has 5 rings (SSSR count). The Balaban J connectivity index is 1.58. The molecule has 2 aromatic carbocycles. The highest BCUT2D eigenvalue weighted by atomic mass is 32.1. The van der Waals surface area contributed by atoms with Gasteiger partial charge in [-0.25, -0.2) is 4.39 Å². The van der Waals surface area contributed by atoms with Crippen molar-refractivity contribution >= 4 is 39.1 Å². The van der Waals surface area contributed by atoms with Crippen LogP contribution in [0.1, 0.15) is 34.1 Å². The van der Waals surface area contributed by atoms with Crippen LogP contribution in [0.3, 0.4) is 0 Å². The van der Waals surface area contributed by atoms with Gasteiger partial charge < -0.3 is 9.88 Å². The van der Waals surface area contributed by atoms with Gasteiger partial charge in [0, 0.05) is 17.6 Å². The molecular formula is C26H24FN3O2S. The molecule has 0 saturated carbocycles. The lowest BCUT2D eigenvalue weighted by molar-refractivity contribution is -0.126. The van der Waals surface area contributed by atoms with E-state index in [0.29, 0.717) is 12.2 Å². The summed E-state index contributed by atoms with van der Waals surface area (Å²) in [6.07, 6.45) is 0. The molecule has 1 atom stereocenters. The summed E-state index contributed by atoms with van der Waals surface area (Å²) in [6.45, 7) is 6.32. The molecule has 168 valence electrons. The number of thiophene rings is 1. The summed E-state index contributed by atoms with van der Waals surface area (Å²) in [5.41, 5.74) is 2.89. The van der Waals surface area contributed by atoms with Crippen molar-refractivity contribution in [3.05, 3.63) is 88.2 Å². The van der Waals surface area contributed by atoms with E-state index in [4.69, 9.17) is 0 Å². The number of aromatic nitrogens is 1. The van der Waals surface area contributed by atoms with E-state index in [2.05, 4.69) is 5.32 Å². The molecule has 3 heterocycles. The molecule has 2 aromatic heterocycles. The molecule has 0 spiro atoms. The SMILES string of the molecule is Cc1ccc(C)c(N2C(=O)c3cc4ccsc4n3CC2(C)C(=O)NCc2ccc(F)cc2)c1. The van der Waals surface area contributed by atoms with Gasteiger partial charge in [-0.3, -0.25) is 14.5 Å². The predicted octanol–water partition coefficient (Wildman–Crippen LogP) is 5.19. The number of nitrogens with one attached hydrogen (secondary N) is 1. The van der Waals surface area contributed by atoms with Crippen LogP contribution >= 0.6 is 11.3 Å². The Hall–Kier alpha value is -3.45. The van der Waals surface area contributed by atoms with Gasteiger partial charge in [0.2, 0.25) is 5.91 Å². The van der Waals surface area contributed by atoms with Crippen molar-refractivity contribution in [3.63, 3.8) is 0 Å². The van der Waals surface area contributed by atoms with Crippen molar-refractivity contribution in [2.45, 2.75) is 39.4 Å². The van der Waals surface area contributed by atoms with E-state index < -0.39 is 5.54 Å². The first-order valence-electron chi connectivity index (χ1n) is 10.8. The summed E-state index contributed by atoms with van der Waals surface area (Å²) >= 11 is 1.56. The molecule has 2 amide bonds. The van der Waals surface area contributed by atoms with Crippen LogP contribution in [0.2, 0.25) is 0 Å². The van der Waals surface area contributed by atoms with Crippen LogP contribution in [0, 0.1) is 19.7 Å². The Morgan fingerprint density at radius 3 is 2.64 bits per heavy atom. The number of anilines is 1. The van der Waals surface area contributed by atoms with Gasteiger partial charge >= 0.3 is 0 Å². The van der Waals surface area contributed by atoms with Gasteiger partial charge in [-0.05, 0) is 73.2 Å². The van der Waals surface area contributed by atoms with Crippen LogP contribution in [-0.2, 0) is 17.9 Å². The number of rotatable bonds is 4. The number of aryl methyl sites for hydroxylation is 2. The van der Waals surface area contributed by atoms with Gasteiger partial charge in [-0.1, -0.05) is 24.3 Å². The number of benzene rings is 2. The molecule has 33 heavy (non-hydrogen) atoms. The third-order valence-corrected chi connectivity index (χ3v) is 7.30. The van der Waals surface area contributed by atoms with E-state index in [1.54, 1.807) is 28.4 Å². The second-order valence-corrected chi connectivity index (χ2v) is 9.70. The Labute approximate surface area is 195 Å². The summed E-state index contributed by atoms with van der Waals surface area (Å²) in [4.78, 5) is 30.2. The van der Waals surface area contributed by atoms with Gasteiger partial charge in [0.1, 0.15) is 21.9 Å². The van der Waals surface area contributed by atoms with E-state index in [0.717, 1.165) is 32.6 Å². The Morgan fingerprint density at radius 2 is 1.88 bits per heavy atom. The maximum Gasteiger partial charge on any atom is 0.275 e. The Kier molecular flexibility index (Phi) is 5.09. The molecule has 0 bridgehead atoms. The van der Waals surface area contributed by atoms with E-state index in [-0.39, 0.29) is 24.2 Å². The second-order valence-electron chi connectivity index (χ2n) is 8.81. The zero-order valence-corrected chi connectivity index (χ0v) is 19.5. The molecule has 1 N–H and O–H groups in total. The van der Waals surface area contributed by atoms with Gasteiger partial charge in [0.05, 0.1) is 6.54 Å². The number of hydrogen-bond acceptors (Lipinski definition) is 3. The lowest BCUT2D eigenvalue weighted by Crippen LogP contribution is -2.64. The molecule has 7 heteroatoms. The Morgan fingerprint density at radius 1 is 1.12 bits per heavy atom. The van der Waals surface area contributed by atoms with Gasteiger partial charge in [0.15, 0.2) is 0 Å². The van der Waals surface area contributed by atoms with Crippen LogP contribution < -0.4 is 10.2 Å². The van der Waals surface area contributed by atoms with E-state index >= 15 is 0 Å². The summed E-state index contributed by atoms with van der Waals surface area (Å²) in [5.74, 6) is -0.779. The summed E-state index contributed by atoms with van der Waals surface area (Å²) < 4.78 is 15.2. The number of nitrogens with zero attached hydrogens (tertiary/aromatic N) is 2. The highest BCUT2D eigenvalue weighted by Gasteiger charge is 2.49. The lowest BCUT2D eigenvalue weighted by atomic mass is 9.92. The third kappa shape index (κ3) is 3.53. The zero-order valence-electron chi connectivity index (χ0n) is 18.7. The van der Waals surface area contributed by atoms with Gasteiger partial charge in [0.25, 0.3) is 5.91 Å². The van der Waals surface area contributed by atoms with Crippen molar-refractivity contribution < 1.29 is 14.0 Å². The standard InChI is InChI=1S/C26H24FN3O2S/c1-16-4-5-17(2)21(12-16)30-23(31)22-13-19-10-11-33-24(19)29(22)15-26(30,3)25(32)28-14-18-6-8-20(27)9-7-18/h4-13H,14-15H2,1-3H3,(H,28,32). The molecule has 0 saturated heterocycles. The lowest BCUT2D eigenvalue weighted by Gasteiger charge is -2.44. The van der Waals surface area contributed by atoms with Gasteiger partial charge in [-0.2, -0.15) is 0 Å². The van der Waals surface area contributed by atoms with Crippen LogP contribution in [0.25, 0.3) is 10.2 Å². The van der Waals surface area contributed by atoms with Crippen molar-refractivity contribution in [2.24, 2.45) is 0 Å². The van der Waals surface area contributed by atoms with Crippen LogP contribution in [0.15, 0.2) is 60.0 Å². The average Bonchev–Trinajstić information content (AvgIpc) is 3.38. The quantitative estimate of drug-likeness (QED) is 0.455. The zero-order chi connectivity index (χ0) is 23.3. The molecule has 4 aromatic rings. The molecule has 1 aliphatic rings. The molecular weight excluding hydrogens is 437 g/mol. The fraction of sp³-hybridized carbons (Fsp3) is 0.231. The minimum atomic E-state index is -1.15. The number of carbonyl (C=O) groups is 2.